The van der Waals surface area contributed by atoms with Crippen LogP contribution in [0, 0.1) is 6.92 Å². The Labute approximate surface area is 119 Å². The van der Waals surface area contributed by atoms with Crippen LogP contribution in [0.4, 0.5) is 11.8 Å². The minimum atomic E-state index is 0.291. The van der Waals surface area contributed by atoms with Gasteiger partial charge in [-0.1, -0.05) is 6.92 Å². The third kappa shape index (κ3) is 3.63. The summed E-state index contributed by atoms with van der Waals surface area (Å²) >= 11 is 0. The van der Waals surface area contributed by atoms with Crippen molar-refractivity contribution in [3.05, 3.63) is 35.5 Å². The van der Waals surface area contributed by atoms with Crippen LogP contribution in [0.25, 0.3) is 0 Å². The molecule has 2 aromatic heterocycles. The molecule has 106 valence electrons. The highest BCUT2D eigenvalue weighted by Crippen LogP contribution is 2.14. The summed E-state index contributed by atoms with van der Waals surface area (Å²) in [6, 6.07) is 1.98. The van der Waals surface area contributed by atoms with Gasteiger partial charge in [-0.15, -0.1) is 0 Å². The molecule has 0 atom stereocenters. The Morgan fingerprint density at radius 3 is 2.55 bits per heavy atom. The zero-order valence-corrected chi connectivity index (χ0v) is 12.2. The molecule has 6 nitrogen and oxygen atoms in total. The fraction of sp³-hybridized carbons (Fsp3) is 0.429. The molecule has 0 saturated carbocycles. The fourth-order valence-corrected chi connectivity index (χ4v) is 1.94. The maximum Gasteiger partial charge on any atom is 0.219 e. The summed E-state index contributed by atoms with van der Waals surface area (Å²) in [4.78, 5) is 19.1. The summed E-state index contributed by atoms with van der Waals surface area (Å²) in [7, 11) is 1.99. The average molecular weight is 272 g/mol. The van der Waals surface area contributed by atoms with E-state index in [1.165, 1.54) is 0 Å². The second-order valence-corrected chi connectivity index (χ2v) is 4.84. The van der Waals surface area contributed by atoms with Crippen molar-refractivity contribution < 1.29 is 0 Å². The predicted octanol–water partition coefficient (Wildman–Crippen LogP) is 1.75. The summed E-state index contributed by atoms with van der Waals surface area (Å²) < 4.78 is 0. The molecule has 20 heavy (non-hydrogen) atoms. The highest BCUT2D eigenvalue weighted by atomic mass is 15.2. The lowest BCUT2D eigenvalue weighted by molar-refractivity contribution is 0.801. The number of rotatable bonds is 5. The first kappa shape index (κ1) is 14.2. The number of hydrogen-bond acceptors (Lipinski definition) is 6. The van der Waals surface area contributed by atoms with E-state index in [1.54, 1.807) is 12.4 Å². The van der Waals surface area contributed by atoms with E-state index in [4.69, 9.17) is 5.73 Å². The minimum Gasteiger partial charge on any atom is -0.368 e. The Morgan fingerprint density at radius 1 is 1.20 bits per heavy atom. The fourth-order valence-electron chi connectivity index (χ4n) is 1.94. The van der Waals surface area contributed by atoms with Crippen LogP contribution in [0.5, 0.6) is 0 Å². The first-order chi connectivity index (χ1) is 9.58. The SMILES string of the molecule is CCCc1nc(C)cc(N(C)Cc2cnc(N)nc2)n1. The van der Waals surface area contributed by atoms with E-state index in [0.29, 0.717) is 12.5 Å². The van der Waals surface area contributed by atoms with Crippen molar-refractivity contribution in [2.24, 2.45) is 0 Å². The zero-order chi connectivity index (χ0) is 14.5. The van der Waals surface area contributed by atoms with Crippen molar-refractivity contribution in [3.63, 3.8) is 0 Å². The van der Waals surface area contributed by atoms with Crippen molar-refractivity contribution in [2.75, 3.05) is 17.7 Å². The lowest BCUT2D eigenvalue weighted by Gasteiger charge is -2.19. The van der Waals surface area contributed by atoms with E-state index in [2.05, 4.69) is 31.8 Å². The normalized spacial score (nSPS) is 10.6. The van der Waals surface area contributed by atoms with Crippen LogP contribution < -0.4 is 10.6 Å². The molecule has 0 unspecified atom stereocenters. The van der Waals surface area contributed by atoms with E-state index < -0.39 is 0 Å². The third-order valence-corrected chi connectivity index (χ3v) is 2.90. The van der Waals surface area contributed by atoms with Gasteiger partial charge in [0.05, 0.1) is 0 Å². The summed E-state index contributed by atoms with van der Waals surface area (Å²) in [6.45, 7) is 4.80. The Balaban J connectivity index is 2.15. The topological polar surface area (TPSA) is 80.8 Å². The zero-order valence-electron chi connectivity index (χ0n) is 12.2. The van der Waals surface area contributed by atoms with Crippen molar-refractivity contribution in [1.29, 1.82) is 0 Å². The molecule has 2 N–H and O–H groups in total. The van der Waals surface area contributed by atoms with E-state index in [-0.39, 0.29) is 0 Å². The van der Waals surface area contributed by atoms with Gasteiger partial charge < -0.3 is 10.6 Å². The second-order valence-electron chi connectivity index (χ2n) is 4.84. The van der Waals surface area contributed by atoms with Crippen LogP contribution in [0.2, 0.25) is 0 Å². The van der Waals surface area contributed by atoms with Crippen LogP contribution in [0.3, 0.4) is 0 Å². The minimum absolute atomic E-state index is 0.291. The third-order valence-electron chi connectivity index (χ3n) is 2.90. The molecule has 2 rings (SSSR count). The number of hydrogen-bond donors (Lipinski definition) is 1. The molecule has 0 spiro atoms. The largest absolute Gasteiger partial charge is 0.368 e. The molecule has 6 heteroatoms. The highest BCUT2D eigenvalue weighted by molar-refractivity contribution is 5.39. The summed E-state index contributed by atoms with van der Waals surface area (Å²) in [6.07, 6.45) is 5.41. The van der Waals surface area contributed by atoms with Gasteiger partial charge in [0.25, 0.3) is 0 Å². The Hall–Kier alpha value is -2.24. The van der Waals surface area contributed by atoms with E-state index in [1.807, 2.05) is 20.0 Å². The first-order valence-electron chi connectivity index (χ1n) is 6.70. The molecule has 0 amide bonds. The predicted molar refractivity (Wildman–Crippen MR) is 79.3 cm³/mol. The van der Waals surface area contributed by atoms with Gasteiger partial charge in [-0.25, -0.2) is 19.9 Å². The van der Waals surface area contributed by atoms with Gasteiger partial charge in [0, 0.05) is 49.7 Å². The molecular weight excluding hydrogens is 252 g/mol. The molecule has 0 aromatic carbocycles. The van der Waals surface area contributed by atoms with Gasteiger partial charge in [0.1, 0.15) is 11.6 Å². The standard InChI is InChI=1S/C14H20N6/c1-4-5-12-18-10(2)6-13(19-12)20(3)9-11-7-16-14(15)17-8-11/h6-8H,4-5,9H2,1-3H3,(H2,15,16,17). The quantitative estimate of drug-likeness (QED) is 0.893. The Morgan fingerprint density at radius 2 is 1.90 bits per heavy atom. The van der Waals surface area contributed by atoms with Crippen molar-refractivity contribution in [1.82, 2.24) is 19.9 Å². The molecule has 0 fully saturated rings. The molecule has 2 aromatic rings. The van der Waals surface area contributed by atoms with Crippen LogP contribution in [0.15, 0.2) is 18.5 Å². The number of aromatic nitrogens is 4. The molecule has 2 heterocycles. The number of nitrogens with two attached hydrogens (primary N) is 1. The maximum absolute atomic E-state index is 5.49. The molecule has 0 aliphatic heterocycles. The lowest BCUT2D eigenvalue weighted by Crippen LogP contribution is -2.19. The lowest BCUT2D eigenvalue weighted by atomic mass is 10.3. The van der Waals surface area contributed by atoms with Gasteiger partial charge in [-0.3, -0.25) is 0 Å². The average Bonchev–Trinajstić information content (AvgIpc) is 2.41. The summed E-state index contributed by atoms with van der Waals surface area (Å²) in [5.74, 6) is 2.10. The van der Waals surface area contributed by atoms with Crippen molar-refractivity contribution in [3.8, 4) is 0 Å². The number of aryl methyl sites for hydroxylation is 2. The monoisotopic (exact) mass is 272 g/mol. The summed E-state index contributed by atoms with van der Waals surface area (Å²) in [5.41, 5.74) is 7.47. The summed E-state index contributed by atoms with van der Waals surface area (Å²) in [5, 5.41) is 0. The van der Waals surface area contributed by atoms with Crippen molar-refractivity contribution >= 4 is 11.8 Å². The number of nitrogens with zero attached hydrogens (tertiary/aromatic N) is 5. The first-order valence-corrected chi connectivity index (χ1v) is 6.70. The van der Waals surface area contributed by atoms with E-state index in [9.17, 15) is 0 Å². The molecule has 0 bridgehead atoms. The van der Waals surface area contributed by atoms with Gasteiger partial charge in [-0.2, -0.15) is 0 Å². The van der Waals surface area contributed by atoms with E-state index >= 15 is 0 Å². The second kappa shape index (κ2) is 6.27. The van der Waals surface area contributed by atoms with Crippen LogP contribution >= 0.6 is 0 Å². The van der Waals surface area contributed by atoms with Crippen LogP contribution in [-0.2, 0) is 13.0 Å². The molecule has 0 radical (unpaired) electrons. The molecular formula is C14H20N6. The van der Waals surface area contributed by atoms with Gasteiger partial charge in [0.2, 0.25) is 5.95 Å². The molecule has 0 saturated heterocycles. The smallest absolute Gasteiger partial charge is 0.219 e. The van der Waals surface area contributed by atoms with Gasteiger partial charge >= 0.3 is 0 Å². The van der Waals surface area contributed by atoms with E-state index in [0.717, 1.165) is 35.7 Å². The van der Waals surface area contributed by atoms with Gasteiger partial charge in [0.15, 0.2) is 0 Å². The van der Waals surface area contributed by atoms with Crippen LogP contribution in [-0.4, -0.2) is 27.0 Å². The van der Waals surface area contributed by atoms with Crippen molar-refractivity contribution in [2.45, 2.75) is 33.2 Å². The van der Waals surface area contributed by atoms with Crippen LogP contribution in [0.1, 0.15) is 30.4 Å². The Bertz CT molecular complexity index is 566. The number of anilines is 2. The number of nitrogen functional groups attached to an aromatic ring is 1. The Kier molecular flexibility index (Phi) is 4.45. The molecule has 0 aliphatic rings. The highest BCUT2D eigenvalue weighted by Gasteiger charge is 2.08. The molecule has 0 aliphatic carbocycles. The maximum atomic E-state index is 5.49. The van der Waals surface area contributed by atoms with Gasteiger partial charge in [-0.05, 0) is 13.3 Å².